The number of nitrogens with one attached hydrogen (secondary N) is 1. The van der Waals surface area contributed by atoms with Crippen LogP contribution in [0.5, 0.6) is 0 Å². The number of anilines is 2. The second-order valence-electron chi connectivity index (χ2n) is 5.11. The molecule has 0 amide bonds. The average Bonchev–Trinajstić information content (AvgIpc) is 2.80. The topological polar surface area (TPSA) is 102 Å². The van der Waals surface area contributed by atoms with Gasteiger partial charge < -0.3 is 31.3 Å². The summed E-state index contributed by atoms with van der Waals surface area (Å²) in [5.74, 6) is 0. The molecule has 2 unspecified atom stereocenters. The molecule has 0 saturated carbocycles. The van der Waals surface area contributed by atoms with Gasteiger partial charge in [-0.05, 0) is 30.2 Å². The van der Waals surface area contributed by atoms with Crippen LogP contribution >= 0.6 is 0 Å². The molecule has 2 atom stereocenters. The highest BCUT2D eigenvalue weighted by molar-refractivity contribution is 5.59. The number of aliphatic hydroxyl groups is 3. The molecule has 1 aliphatic heterocycles. The summed E-state index contributed by atoms with van der Waals surface area (Å²) in [5.41, 5.74) is 8.47. The highest BCUT2D eigenvalue weighted by atomic mass is 16.3. The van der Waals surface area contributed by atoms with Crippen molar-refractivity contribution < 1.29 is 15.3 Å². The van der Waals surface area contributed by atoms with Crippen LogP contribution < -0.4 is 16.0 Å². The minimum atomic E-state index is -0.458. The van der Waals surface area contributed by atoms with Crippen molar-refractivity contribution >= 4 is 11.4 Å². The normalized spacial score (nSPS) is 22.4. The van der Waals surface area contributed by atoms with Crippen LogP contribution in [0.1, 0.15) is 5.56 Å². The first-order chi connectivity index (χ1) is 9.65. The predicted molar refractivity (Wildman–Crippen MR) is 78.7 cm³/mol. The summed E-state index contributed by atoms with van der Waals surface area (Å²) in [6, 6.07) is 5.69. The molecule has 1 aliphatic rings. The van der Waals surface area contributed by atoms with Gasteiger partial charge in [-0.2, -0.15) is 0 Å². The standard InChI is InChI=1S/C14H23N3O3/c15-12-2-1-11(7-10(12)3-5-18)17-8-13(14(20)9-17)16-4-6-19/h1-2,7,13-14,16,18-20H,3-6,8-9,15H2. The first kappa shape index (κ1) is 15.1. The zero-order valence-electron chi connectivity index (χ0n) is 11.5. The number of nitrogens with zero attached hydrogens (tertiary/aromatic N) is 1. The summed E-state index contributed by atoms with van der Waals surface area (Å²) in [7, 11) is 0. The second kappa shape index (κ2) is 6.90. The van der Waals surface area contributed by atoms with E-state index in [-0.39, 0.29) is 19.3 Å². The van der Waals surface area contributed by atoms with E-state index in [9.17, 15) is 5.11 Å². The van der Waals surface area contributed by atoms with Crippen molar-refractivity contribution in [3.63, 3.8) is 0 Å². The van der Waals surface area contributed by atoms with Crippen molar-refractivity contribution in [1.29, 1.82) is 0 Å². The Morgan fingerprint density at radius 1 is 1.25 bits per heavy atom. The zero-order valence-corrected chi connectivity index (χ0v) is 11.5. The van der Waals surface area contributed by atoms with Crippen LogP contribution in [0.25, 0.3) is 0 Å². The molecule has 20 heavy (non-hydrogen) atoms. The van der Waals surface area contributed by atoms with Gasteiger partial charge in [-0.1, -0.05) is 0 Å². The Kier molecular flexibility index (Phi) is 5.19. The lowest BCUT2D eigenvalue weighted by molar-refractivity contribution is 0.159. The van der Waals surface area contributed by atoms with Gasteiger partial charge in [-0.15, -0.1) is 0 Å². The molecule has 6 heteroatoms. The van der Waals surface area contributed by atoms with Crippen molar-refractivity contribution in [3.05, 3.63) is 23.8 Å². The molecule has 2 rings (SSSR count). The molecular weight excluding hydrogens is 258 g/mol. The number of hydrogen-bond acceptors (Lipinski definition) is 6. The van der Waals surface area contributed by atoms with Crippen LogP contribution in [0, 0.1) is 0 Å². The fourth-order valence-corrected chi connectivity index (χ4v) is 2.57. The fourth-order valence-electron chi connectivity index (χ4n) is 2.57. The van der Waals surface area contributed by atoms with E-state index in [1.54, 1.807) is 0 Å². The molecule has 1 saturated heterocycles. The van der Waals surface area contributed by atoms with E-state index in [0.29, 0.717) is 31.7 Å². The van der Waals surface area contributed by atoms with Crippen LogP contribution in [0.15, 0.2) is 18.2 Å². The third-order valence-electron chi connectivity index (χ3n) is 3.68. The Morgan fingerprint density at radius 2 is 2.05 bits per heavy atom. The summed E-state index contributed by atoms with van der Waals surface area (Å²) < 4.78 is 0. The van der Waals surface area contributed by atoms with Crippen LogP contribution in [-0.2, 0) is 6.42 Å². The van der Waals surface area contributed by atoms with Crippen LogP contribution in [-0.4, -0.2) is 60.3 Å². The lowest BCUT2D eigenvalue weighted by Crippen LogP contribution is -2.40. The van der Waals surface area contributed by atoms with Gasteiger partial charge in [0.05, 0.1) is 18.8 Å². The number of aliphatic hydroxyl groups excluding tert-OH is 3. The number of nitrogen functional groups attached to an aromatic ring is 1. The van der Waals surface area contributed by atoms with Gasteiger partial charge in [-0.25, -0.2) is 0 Å². The molecule has 112 valence electrons. The number of β-amino-alcohol motifs (C(OH)–C–C–N with tert-alkyl or cyclic N) is 1. The maximum absolute atomic E-state index is 10.0. The van der Waals surface area contributed by atoms with Gasteiger partial charge >= 0.3 is 0 Å². The summed E-state index contributed by atoms with van der Waals surface area (Å²) in [6.45, 7) is 1.84. The summed E-state index contributed by atoms with van der Waals surface area (Å²) >= 11 is 0. The molecule has 1 heterocycles. The summed E-state index contributed by atoms with van der Waals surface area (Å²) in [5, 5.41) is 31.0. The molecular formula is C14H23N3O3. The van der Waals surface area contributed by atoms with Crippen molar-refractivity contribution in [1.82, 2.24) is 5.32 Å². The van der Waals surface area contributed by atoms with Crippen molar-refractivity contribution in [2.45, 2.75) is 18.6 Å². The number of benzene rings is 1. The first-order valence-electron chi connectivity index (χ1n) is 6.92. The molecule has 6 nitrogen and oxygen atoms in total. The second-order valence-corrected chi connectivity index (χ2v) is 5.11. The number of rotatable bonds is 6. The van der Waals surface area contributed by atoms with Crippen molar-refractivity contribution in [2.24, 2.45) is 0 Å². The van der Waals surface area contributed by atoms with Crippen LogP contribution in [0.4, 0.5) is 11.4 Å². The smallest absolute Gasteiger partial charge is 0.0884 e. The van der Waals surface area contributed by atoms with Gasteiger partial charge in [0.15, 0.2) is 0 Å². The van der Waals surface area contributed by atoms with E-state index in [1.807, 2.05) is 18.2 Å². The quantitative estimate of drug-likeness (QED) is 0.426. The first-order valence-corrected chi connectivity index (χ1v) is 6.92. The Labute approximate surface area is 118 Å². The molecule has 0 spiro atoms. The van der Waals surface area contributed by atoms with Crippen molar-refractivity contribution in [2.75, 3.05) is 43.5 Å². The number of hydrogen-bond donors (Lipinski definition) is 5. The molecule has 0 bridgehead atoms. The van der Waals surface area contributed by atoms with E-state index in [2.05, 4.69) is 10.2 Å². The third-order valence-corrected chi connectivity index (χ3v) is 3.68. The molecule has 1 aromatic rings. The monoisotopic (exact) mass is 281 g/mol. The van der Waals surface area contributed by atoms with E-state index in [1.165, 1.54) is 0 Å². The Hall–Kier alpha value is -1.34. The maximum Gasteiger partial charge on any atom is 0.0884 e. The summed E-state index contributed by atoms with van der Waals surface area (Å²) in [4.78, 5) is 2.08. The third kappa shape index (κ3) is 3.40. The molecule has 0 radical (unpaired) electrons. The Bertz CT molecular complexity index is 442. The minimum Gasteiger partial charge on any atom is -0.399 e. The van der Waals surface area contributed by atoms with E-state index in [0.717, 1.165) is 11.3 Å². The molecule has 1 fully saturated rings. The minimum absolute atomic E-state index is 0.0407. The highest BCUT2D eigenvalue weighted by Crippen LogP contribution is 2.25. The van der Waals surface area contributed by atoms with Gasteiger partial charge in [0.25, 0.3) is 0 Å². The molecule has 6 N–H and O–H groups in total. The highest BCUT2D eigenvalue weighted by Gasteiger charge is 2.30. The van der Waals surface area contributed by atoms with Gasteiger partial charge in [0.2, 0.25) is 0 Å². The molecule has 1 aromatic carbocycles. The van der Waals surface area contributed by atoms with Gasteiger partial charge in [-0.3, -0.25) is 0 Å². The van der Waals surface area contributed by atoms with E-state index >= 15 is 0 Å². The Morgan fingerprint density at radius 3 is 2.75 bits per heavy atom. The van der Waals surface area contributed by atoms with Gasteiger partial charge in [0.1, 0.15) is 0 Å². The largest absolute Gasteiger partial charge is 0.399 e. The van der Waals surface area contributed by atoms with Crippen LogP contribution in [0.2, 0.25) is 0 Å². The average molecular weight is 281 g/mol. The Balaban J connectivity index is 2.07. The SMILES string of the molecule is Nc1ccc(N2CC(O)C(NCCO)C2)cc1CCO. The van der Waals surface area contributed by atoms with Crippen LogP contribution in [0.3, 0.4) is 0 Å². The lowest BCUT2D eigenvalue weighted by Gasteiger charge is -2.20. The van der Waals surface area contributed by atoms with E-state index < -0.39 is 6.10 Å². The molecule has 0 aliphatic carbocycles. The number of nitrogens with two attached hydrogens (primary N) is 1. The van der Waals surface area contributed by atoms with E-state index in [4.69, 9.17) is 15.9 Å². The van der Waals surface area contributed by atoms with Gasteiger partial charge in [0, 0.05) is 37.6 Å². The maximum atomic E-state index is 10.0. The van der Waals surface area contributed by atoms with Crippen molar-refractivity contribution in [3.8, 4) is 0 Å². The lowest BCUT2D eigenvalue weighted by atomic mass is 10.1. The fraction of sp³-hybridized carbons (Fsp3) is 0.571. The predicted octanol–water partition coefficient (Wildman–Crippen LogP) is -1.06. The molecule has 0 aromatic heterocycles. The zero-order chi connectivity index (χ0) is 14.5. The summed E-state index contributed by atoms with van der Waals surface area (Å²) in [6.07, 6.45) is 0.0721.